The molecule has 7 heteroatoms. The molecule has 6 nitrogen and oxygen atoms in total. The number of nitrogens with zero attached hydrogens (tertiary/aromatic N) is 2. The van der Waals surface area contributed by atoms with Crippen LogP contribution >= 0.6 is 11.6 Å². The lowest BCUT2D eigenvalue weighted by molar-refractivity contribution is -0.385. The van der Waals surface area contributed by atoms with Crippen molar-refractivity contribution in [2.45, 2.75) is 13.0 Å². The van der Waals surface area contributed by atoms with Crippen molar-refractivity contribution >= 4 is 17.3 Å². The number of aliphatic hydroxyl groups excluding tert-OH is 1. The number of nitro benzene ring substituents is 1. The zero-order valence-electron chi connectivity index (χ0n) is 10.5. The summed E-state index contributed by atoms with van der Waals surface area (Å²) in [5.74, 6) is 0.0796. The lowest BCUT2D eigenvalue weighted by Crippen LogP contribution is -2.00. The van der Waals surface area contributed by atoms with Crippen LogP contribution in [0.4, 0.5) is 5.69 Å². The minimum atomic E-state index is -0.808. The molecule has 0 bridgehead atoms. The molecule has 104 valence electrons. The van der Waals surface area contributed by atoms with E-state index in [1.165, 1.54) is 24.4 Å². The van der Waals surface area contributed by atoms with E-state index in [4.69, 9.17) is 16.3 Å². The van der Waals surface area contributed by atoms with Gasteiger partial charge in [-0.1, -0.05) is 11.6 Å². The average Bonchev–Trinajstić information content (AvgIpc) is 2.38. The first-order chi connectivity index (χ1) is 9.49. The Balaban J connectivity index is 2.45. The number of nitro groups is 1. The number of halogens is 1. The molecule has 0 unspecified atom stereocenters. The number of aromatic nitrogens is 1. The van der Waals surface area contributed by atoms with E-state index in [-0.39, 0.29) is 17.3 Å². The summed E-state index contributed by atoms with van der Waals surface area (Å²) in [6.07, 6.45) is 0.661. The second kappa shape index (κ2) is 5.85. The SMILES string of the molecule is C[C@@H](O)c1cccnc1Oc1cc(Cl)ccc1[N+](=O)[O-]. The fraction of sp³-hybridized carbons (Fsp3) is 0.154. The minimum Gasteiger partial charge on any atom is -0.431 e. The van der Waals surface area contributed by atoms with Gasteiger partial charge in [-0.25, -0.2) is 4.98 Å². The van der Waals surface area contributed by atoms with Gasteiger partial charge in [-0.3, -0.25) is 10.1 Å². The summed E-state index contributed by atoms with van der Waals surface area (Å²) in [6, 6.07) is 7.26. The van der Waals surface area contributed by atoms with Crippen LogP contribution < -0.4 is 4.74 Å². The Morgan fingerprint density at radius 2 is 2.20 bits per heavy atom. The fourth-order valence-corrected chi connectivity index (χ4v) is 1.79. The highest BCUT2D eigenvalue weighted by atomic mass is 35.5. The van der Waals surface area contributed by atoms with Crippen LogP contribution in [0.15, 0.2) is 36.5 Å². The number of aliphatic hydroxyl groups is 1. The van der Waals surface area contributed by atoms with Crippen molar-refractivity contribution < 1.29 is 14.8 Å². The van der Waals surface area contributed by atoms with Gasteiger partial charge in [0.15, 0.2) is 0 Å². The van der Waals surface area contributed by atoms with Crippen molar-refractivity contribution in [3.63, 3.8) is 0 Å². The molecule has 0 aliphatic carbocycles. The smallest absolute Gasteiger partial charge is 0.311 e. The van der Waals surface area contributed by atoms with Gasteiger partial charge in [0.2, 0.25) is 11.6 Å². The number of ether oxygens (including phenoxy) is 1. The molecule has 1 atom stereocenters. The summed E-state index contributed by atoms with van der Waals surface area (Å²) < 4.78 is 5.45. The molecule has 2 aromatic rings. The molecule has 0 saturated carbocycles. The Hall–Kier alpha value is -2.18. The standard InChI is InChI=1S/C13H11ClN2O4/c1-8(17)10-3-2-6-15-13(10)20-12-7-9(14)4-5-11(12)16(18)19/h2-8,17H,1H3/t8-/m1/s1. The summed E-state index contributed by atoms with van der Waals surface area (Å²) in [4.78, 5) is 14.4. The third kappa shape index (κ3) is 3.04. The molecule has 0 amide bonds. The molecule has 0 radical (unpaired) electrons. The van der Waals surface area contributed by atoms with E-state index in [0.717, 1.165) is 0 Å². The normalized spacial score (nSPS) is 11.9. The molecule has 0 fully saturated rings. The number of pyridine rings is 1. The van der Waals surface area contributed by atoms with Gasteiger partial charge in [0.25, 0.3) is 0 Å². The van der Waals surface area contributed by atoms with Gasteiger partial charge >= 0.3 is 5.69 Å². The predicted octanol–water partition coefficient (Wildman–Crippen LogP) is 3.49. The van der Waals surface area contributed by atoms with E-state index in [1.807, 2.05) is 0 Å². The van der Waals surface area contributed by atoms with Crippen LogP contribution in [0.25, 0.3) is 0 Å². The average molecular weight is 295 g/mol. The van der Waals surface area contributed by atoms with Gasteiger partial charge in [-0.15, -0.1) is 0 Å². The van der Waals surface area contributed by atoms with Crippen LogP contribution in [-0.4, -0.2) is 15.0 Å². The second-order valence-electron chi connectivity index (χ2n) is 4.04. The second-order valence-corrected chi connectivity index (χ2v) is 4.48. The molecule has 1 aromatic heterocycles. The van der Waals surface area contributed by atoms with Gasteiger partial charge in [-0.2, -0.15) is 0 Å². The van der Waals surface area contributed by atoms with Crippen molar-refractivity contribution in [1.82, 2.24) is 4.98 Å². The van der Waals surface area contributed by atoms with Crippen LogP contribution in [-0.2, 0) is 0 Å². The largest absolute Gasteiger partial charge is 0.431 e. The van der Waals surface area contributed by atoms with Crippen LogP contribution in [0.5, 0.6) is 11.6 Å². The zero-order chi connectivity index (χ0) is 14.7. The molecule has 0 aliphatic rings. The highest BCUT2D eigenvalue weighted by molar-refractivity contribution is 6.30. The Morgan fingerprint density at radius 3 is 2.85 bits per heavy atom. The number of benzene rings is 1. The molecular weight excluding hydrogens is 284 g/mol. The van der Waals surface area contributed by atoms with Crippen molar-refractivity contribution in [2.24, 2.45) is 0 Å². The molecule has 1 heterocycles. The summed E-state index contributed by atoms with van der Waals surface area (Å²) in [5, 5.41) is 20.9. The van der Waals surface area contributed by atoms with Gasteiger partial charge in [-0.05, 0) is 25.1 Å². The molecule has 1 N–H and O–H groups in total. The lowest BCUT2D eigenvalue weighted by atomic mass is 10.2. The zero-order valence-corrected chi connectivity index (χ0v) is 11.2. The van der Waals surface area contributed by atoms with Gasteiger partial charge < -0.3 is 9.84 Å². The van der Waals surface area contributed by atoms with Gasteiger partial charge in [0.05, 0.1) is 11.0 Å². The summed E-state index contributed by atoms with van der Waals surface area (Å²) >= 11 is 5.82. The number of rotatable bonds is 4. The predicted molar refractivity (Wildman–Crippen MR) is 73.1 cm³/mol. The van der Waals surface area contributed by atoms with E-state index in [2.05, 4.69) is 4.98 Å². The van der Waals surface area contributed by atoms with Crippen molar-refractivity contribution in [1.29, 1.82) is 0 Å². The van der Waals surface area contributed by atoms with Crippen molar-refractivity contribution in [3.8, 4) is 11.6 Å². The maximum atomic E-state index is 11.0. The summed E-state index contributed by atoms with van der Waals surface area (Å²) in [5.41, 5.74) is 0.207. The van der Waals surface area contributed by atoms with Crippen LogP contribution in [0.3, 0.4) is 0 Å². The highest BCUT2D eigenvalue weighted by Gasteiger charge is 2.19. The van der Waals surface area contributed by atoms with E-state index in [9.17, 15) is 15.2 Å². The minimum absolute atomic E-state index is 0.0249. The van der Waals surface area contributed by atoms with Gasteiger partial charge in [0.1, 0.15) is 0 Å². The molecule has 0 aliphatic heterocycles. The van der Waals surface area contributed by atoms with Crippen LogP contribution in [0.2, 0.25) is 5.02 Å². The number of hydrogen-bond donors (Lipinski definition) is 1. The van der Waals surface area contributed by atoms with Crippen LogP contribution in [0.1, 0.15) is 18.6 Å². The first kappa shape index (κ1) is 14.2. The topological polar surface area (TPSA) is 85.5 Å². The number of hydrogen-bond acceptors (Lipinski definition) is 5. The fourth-order valence-electron chi connectivity index (χ4n) is 1.63. The van der Waals surface area contributed by atoms with E-state index < -0.39 is 11.0 Å². The Bertz CT molecular complexity index is 646. The molecule has 0 saturated heterocycles. The molecule has 0 spiro atoms. The maximum absolute atomic E-state index is 11.0. The Labute approximate surface area is 119 Å². The maximum Gasteiger partial charge on any atom is 0.311 e. The molecule has 20 heavy (non-hydrogen) atoms. The first-order valence-corrected chi connectivity index (χ1v) is 6.11. The highest BCUT2D eigenvalue weighted by Crippen LogP contribution is 2.35. The Kier molecular flexibility index (Phi) is 4.16. The lowest BCUT2D eigenvalue weighted by Gasteiger charge is -2.11. The van der Waals surface area contributed by atoms with Gasteiger partial charge in [0, 0.05) is 28.9 Å². The Morgan fingerprint density at radius 1 is 1.45 bits per heavy atom. The molecule has 2 rings (SSSR count). The first-order valence-electron chi connectivity index (χ1n) is 5.74. The van der Waals surface area contributed by atoms with Crippen molar-refractivity contribution in [3.05, 3.63) is 57.2 Å². The molecular formula is C13H11ClN2O4. The van der Waals surface area contributed by atoms with Crippen molar-refractivity contribution in [2.75, 3.05) is 0 Å². The summed E-state index contributed by atoms with van der Waals surface area (Å²) in [6.45, 7) is 1.55. The monoisotopic (exact) mass is 294 g/mol. The van der Waals surface area contributed by atoms with E-state index in [1.54, 1.807) is 19.1 Å². The van der Waals surface area contributed by atoms with Crippen LogP contribution in [0, 0.1) is 10.1 Å². The van der Waals surface area contributed by atoms with E-state index >= 15 is 0 Å². The molecule has 1 aromatic carbocycles. The summed E-state index contributed by atoms with van der Waals surface area (Å²) in [7, 11) is 0. The third-order valence-electron chi connectivity index (χ3n) is 2.58. The van der Waals surface area contributed by atoms with E-state index in [0.29, 0.717) is 10.6 Å². The third-order valence-corrected chi connectivity index (χ3v) is 2.81. The quantitative estimate of drug-likeness (QED) is 0.689.